The topological polar surface area (TPSA) is 71.5 Å². The summed E-state index contributed by atoms with van der Waals surface area (Å²) < 4.78 is 60.9. The van der Waals surface area contributed by atoms with Crippen LogP contribution >= 0.6 is 0 Å². The van der Waals surface area contributed by atoms with Crippen LogP contribution in [0.5, 0.6) is 0 Å². The van der Waals surface area contributed by atoms with E-state index in [0.717, 1.165) is 18.1 Å². The fraction of sp³-hybridized carbons (Fsp3) is 0.294. The van der Waals surface area contributed by atoms with E-state index < -0.39 is 19.7 Å². The Hall–Kier alpha value is -1.93. The number of anilines is 1. The van der Waals surface area contributed by atoms with Crippen LogP contribution in [0.1, 0.15) is 18.5 Å². The number of benzene rings is 2. The normalized spacial score (nSPS) is 13.5. The van der Waals surface area contributed by atoms with Crippen molar-refractivity contribution >= 4 is 25.4 Å². The monoisotopic (exact) mass is 385 g/mol. The van der Waals surface area contributed by atoms with Crippen LogP contribution in [0.3, 0.4) is 0 Å². The zero-order valence-electron chi connectivity index (χ0n) is 14.4. The van der Waals surface area contributed by atoms with Gasteiger partial charge in [-0.1, -0.05) is 12.1 Å². The lowest BCUT2D eigenvalue weighted by molar-refractivity contribution is 0.599. The molecule has 0 heterocycles. The first-order valence-corrected chi connectivity index (χ1v) is 11.2. The summed E-state index contributed by atoms with van der Waals surface area (Å²) in [5.74, 6) is -0.354. The molecular weight excluding hydrogens is 365 g/mol. The van der Waals surface area contributed by atoms with Crippen LogP contribution in [-0.4, -0.2) is 36.4 Å². The highest BCUT2D eigenvalue weighted by Crippen LogP contribution is 2.32. The second kappa shape index (κ2) is 6.76. The Morgan fingerprint density at radius 1 is 0.920 bits per heavy atom. The van der Waals surface area contributed by atoms with Crippen molar-refractivity contribution in [3.05, 3.63) is 53.8 Å². The number of hydrogen-bond acceptors (Lipinski definition) is 5. The third-order valence-corrected chi connectivity index (χ3v) is 6.31. The maximum Gasteiger partial charge on any atom is 0.177 e. The average Bonchev–Trinajstić information content (AvgIpc) is 2.52. The molecule has 1 atom stereocenters. The Bertz CT molecular complexity index is 984. The first kappa shape index (κ1) is 19.4. The van der Waals surface area contributed by atoms with E-state index in [1.807, 2.05) is 6.92 Å². The van der Waals surface area contributed by atoms with Gasteiger partial charge in [0.25, 0.3) is 0 Å². The summed E-state index contributed by atoms with van der Waals surface area (Å²) in [5, 5.41) is 0. The Kier molecular flexibility index (Phi) is 5.24. The second-order valence-electron chi connectivity index (χ2n) is 6.01. The van der Waals surface area contributed by atoms with Crippen molar-refractivity contribution in [1.29, 1.82) is 0 Å². The van der Waals surface area contributed by atoms with E-state index in [1.54, 1.807) is 24.1 Å². The summed E-state index contributed by atoms with van der Waals surface area (Å²) >= 11 is 0. The van der Waals surface area contributed by atoms with Gasteiger partial charge in [-0.15, -0.1) is 0 Å². The van der Waals surface area contributed by atoms with Crippen LogP contribution in [0.4, 0.5) is 10.1 Å². The van der Waals surface area contributed by atoms with E-state index in [9.17, 15) is 21.2 Å². The molecule has 0 aromatic heterocycles. The molecule has 2 aromatic rings. The molecule has 0 saturated heterocycles. The number of nitrogens with zero attached hydrogens (tertiary/aromatic N) is 1. The van der Waals surface area contributed by atoms with Gasteiger partial charge in [0.1, 0.15) is 5.82 Å². The maximum atomic E-state index is 13.1. The van der Waals surface area contributed by atoms with Gasteiger partial charge in [0.05, 0.1) is 21.5 Å². The van der Waals surface area contributed by atoms with Crippen LogP contribution in [0.2, 0.25) is 0 Å². The quantitative estimate of drug-likeness (QED) is 0.791. The van der Waals surface area contributed by atoms with Gasteiger partial charge in [-0.3, -0.25) is 0 Å². The minimum Gasteiger partial charge on any atom is -0.367 e. The summed E-state index contributed by atoms with van der Waals surface area (Å²) in [6.45, 7) is 1.85. The molecule has 1 unspecified atom stereocenters. The molecule has 5 nitrogen and oxygen atoms in total. The van der Waals surface area contributed by atoms with Gasteiger partial charge in [-0.05, 0) is 42.8 Å². The molecule has 0 radical (unpaired) electrons. The third kappa shape index (κ3) is 4.38. The van der Waals surface area contributed by atoms with E-state index in [0.29, 0.717) is 5.69 Å². The molecule has 0 spiro atoms. The SMILES string of the molecule is CC(c1ccc(F)cc1)N(C)c1ccc(S(C)(=O)=O)cc1S(C)(=O)=O. The fourth-order valence-electron chi connectivity index (χ4n) is 2.49. The largest absolute Gasteiger partial charge is 0.367 e. The molecule has 0 N–H and O–H groups in total. The summed E-state index contributed by atoms with van der Waals surface area (Å²) in [7, 11) is -5.47. The van der Waals surface area contributed by atoms with E-state index in [-0.39, 0.29) is 21.7 Å². The molecule has 25 heavy (non-hydrogen) atoms. The Morgan fingerprint density at radius 2 is 1.48 bits per heavy atom. The predicted octanol–water partition coefficient (Wildman–Crippen LogP) is 2.83. The van der Waals surface area contributed by atoms with Crippen molar-refractivity contribution in [1.82, 2.24) is 0 Å². The molecule has 136 valence electrons. The van der Waals surface area contributed by atoms with Gasteiger partial charge in [-0.2, -0.15) is 0 Å². The Morgan fingerprint density at radius 3 is 1.96 bits per heavy atom. The molecule has 0 bridgehead atoms. The highest BCUT2D eigenvalue weighted by molar-refractivity contribution is 7.91. The molecule has 0 aliphatic heterocycles. The van der Waals surface area contributed by atoms with Gasteiger partial charge in [-0.25, -0.2) is 21.2 Å². The molecule has 2 rings (SSSR count). The molecule has 0 fully saturated rings. The van der Waals surface area contributed by atoms with E-state index >= 15 is 0 Å². The fourth-order valence-corrected chi connectivity index (χ4v) is 4.14. The molecule has 0 aliphatic rings. The van der Waals surface area contributed by atoms with Crippen LogP contribution < -0.4 is 4.90 Å². The predicted molar refractivity (Wildman–Crippen MR) is 95.9 cm³/mol. The highest BCUT2D eigenvalue weighted by Gasteiger charge is 2.22. The number of halogens is 1. The average molecular weight is 385 g/mol. The molecule has 2 aromatic carbocycles. The molecule has 0 saturated carbocycles. The number of rotatable bonds is 5. The van der Waals surface area contributed by atoms with Gasteiger partial charge in [0, 0.05) is 19.6 Å². The van der Waals surface area contributed by atoms with Gasteiger partial charge >= 0.3 is 0 Å². The van der Waals surface area contributed by atoms with E-state index in [4.69, 9.17) is 0 Å². The summed E-state index contributed by atoms with van der Waals surface area (Å²) in [6, 6.07) is 9.72. The first-order valence-electron chi connectivity index (χ1n) is 7.43. The highest BCUT2D eigenvalue weighted by atomic mass is 32.2. The van der Waals surface area contributed by atoms with Crippen LogP contribution in [0.15, 0.2) is 52.3 Å². The van der Waals surface area contributed by atoms with Crippen molar-refractivity contribution in [2.45, 2.75) is 22.8 Å². The lowest BCUT2D eigenvalue weighted by Gasteiger charge is -2.29. The van der Waals surface area contributed by atoms with Crippen LogP contribution in [0.25, 0.3) is 0 Å². The summed E-state index contributed by atoms with van der Waals surface area (Å²) in [5.41, 5.74) is 1.18. The summed E-state index contributed by atoms with van der Waals surface area (Å²) in [6.07, 6.45) is 2.06. The van der Waals surface area contributed by atoms with Gasteiger partial charge in [0.15, 0.2) is 19.7 Å². The van der Waals surface area contributed by atoms with Crippen molar-refractivity contribution in [2.24, 2.45) is 0 Å². The van der Waals surface area contributed by atoms with Crippen molar-refractivity contribution < 1.29 is 21.2 Å². The minimum atomic E-state index is -3.65. The van der Waals surface area contributed by atoms with E-state index in [2.05, 4.69) is 0 Å². The number of sulfone groups is 2. The van der Waals surface area contributed by atoms with Crippen molar-refractivity contribution in [2.75, 3.05) is 24.5 Å². The van der Waals surface area contributed by atoms with Crippen molar-refractivity contribution in [3.63, 3.8) is 0 Å². The Balaban J connectivity index is 2.55. The zero-order chi connectivity index (χ0) is 19.0. The standard InChI is InChI=1S/C17H20FNO4S2/c1-12(13-5-7-14(18)8-6-13)19(2)16-10-9-15(24(3,20)21)11-17(16)25(4,22)23/h5-12H,1-4H3. The smallest absolute Gasteiger partial charge is 0.177 e. The van der Waals surface area contributed by atoms with Gasteiger partial charge < -0.3 is 4.90 Å². The lowest BCUT2D eigenvalue weighted by Crippen LogP contribution is -2.23. The zero-order valence-corrected chi connectivity index (χ0v) is 16.0. The minimum absolute atomic E-state index is 0.0560. The lowest BCUT2D eigenvalue weighted by atomic mass is 10.1. The van der Waals surface area contributed by atoms with E-state index in [1.165, 1.54) is 30.3 Å². The van der Waals surface area contributed by atoms with Crippen LogP contribution in [0, 0.1) is 5.82 Å². The number of hydrogen-bond donors (Lipinski definition) is 0. The van der Waals surface area contributed by atoms with Crippen molar-refractivity contribution in [3.8, 4) is 0 Å². The molecule has 0 aliphatic carbocycles. The second-order valence-corrected chi connectivity index (χ2v) is 10.0. The molecule has 8 heteroatoms. The molecular formula is C17H20FNO4S2. The summed E-state index contributed by atoms with van der Waals surface area (Å²) in [4.78, 5) is 1.60. The Labute approximate surface area is 147 Å². The third-order valence-electron chi connectivity index (χ3n) is 4.07. The maximum absolute atomic E-state index is 13.1. The first-order chi connectivity index (χ1) is 11.4. The van der Waals surface area contributed by atoms with Crippen LogP contribution in [-0.2, 0) is 19.7 Å². The van der Waals surface area contributed by atoms with Gasteiger partial charge in [0.2, 0.25) is 0 Å². The molecule has 0 amide bonds.